The minimum absolute atomic E-state index is 0.590. The molecule has 0 amide bonds. The van der Waals surface area contributed by atoms with Crippen LogP contribution in [0.25, 0.3) is 44.5 Å². The molecule has 0 bridgehead atoms. The molecular formula is C68H44N2. The van der Waals surface area contributed by atoms with E-state index in [0.717, 1.165) is 22.7 Å². The Morgan fingerprint density at radius 3 is 1.03 bits per heavy atom. The Morgan fingerprint density at radius 1 is 0.229 bits per heavy atom. The summed E-state index contributed by atoms with van der Waals surface area (Å²) in [6.07, 6.45) is 0. The van der Waals surface area contributed by atoms with Crippen molar-refractivity contribution in [1.29, 1.82) is 0 Å². The lowest BCUT2D eigenvalue weighted by atomic mass is 9.64. The van der Waals surface area contributed by atoms with Gasteiger partial charge in [0.2, 0.25) is 0 Å². The van der Waals surface area contributed by atoms with Gasteiger partial charge in [0.1, 0.15) is 0 Å². The molecule has 0 fully saturated rings. The third-order valence-electron chi connectivity index (χ3n) is 15.9. The number of rotatable bonds is 4. The van der Waals surface area contributed by atoms with Crippen molar-refractivity contribution < 1.29 is 0 Å². The molecule has 0 atom stereocenters. The lowest BCUT2D eigenvalue weighted by Gasteiger charge is -2.45. The van der Waals surface area contributed by atoms with Crippen LogP contribution in [0.3, 0.4) is 0 Å². The van der Waals surface area contributed by atoms with E-state index < -0.39 is 10.8 Å². The molecule has 326 valence electrons. The molecule has 3 aliphatic carbocycles. The highest BCUT2D eigenvalue weighted by Crippen LogP contribution is 2.66. The molecule has 11 aromatic carbocycles. The molecule has 0 aromatic heterocycles. The normalized spacial score (nSPS) is 14.2. The third kappa shape index (κ3) is 5.07. The average molecular weight is 889 g/mol. The van der Waals surface area contributed by atoms with Gasteiger partial charge in [0.25, 0.3) is 0 Å². The van der Waals surface area contributed by atoms with Crippen molar-refractivity contribution in [2.24, 2.45) is 0 Å². The number of para-hydroxylation sites is 4. The third-order valence-corrected chi connectivity index (χ3v) is 15.9. The van der Waals surface area contributed by atoms with E-state index >= 15 is 0 Å². The lowest BCUT2D eigenvalue weighted by Crippen LogP contribution is -2.36. The maximum atomic E-state index is 2.56. The Morgan fingerprint density at radius 2 is 0.557 bits per heavy atom. The summed E-state index contributed by atoms with van der Waals surface area (Å²) in [5, 5.41) is 0. The number of hydrogen-bond donors (Lipinski definition) is 0. The fourth-order valence-electron chi connectivity index (χ4n) is 13.3. The predicted molar refractivity (Wildman–Crippen MR) is 288 cm³/mol. The molecule has 70 heavy (non-hydrogen) atoms. The van der Waals surface area contributed by atoms with E-state index in [1.54, 1.807) is 0 Å². The van der Waals surface area contributed by atoms with E-state index in [1.165, 1.54) is 100 Å². The first-order valence-corrected chi connectivity index (χ1v) is 24.4. The zero-order valence-electron chi connectivity index (χ0n) is 38.3. The Bertz CT molecular complexity index is 3770. The van der Waals surface area contributed by atoms with Crippen molar-refractivity contribution in [2.45, 2.75) is 10.8 Å². The van der Waals surface area contributed by atoms with Crippen molar-refractivity contribution in [3.63, 3.8) is 0 Å². The van der Waals surface area contributed by atoms with E-state index in [-0.39, 0.29) is 0 Å². The maximum absolute atomic E-state index is 2.56. The van der Waals surface area contributed by atoms with E-state index in [9.17, 15) is 0 Å². The number of benzene rings is 11. The van der Waals surface area contributed by atoms with Gasteiger partial charge in [-0.25, -0.2) is 0 Å². The summed E-state index contributed by atoms with van der Waals surface area (Å²) in [4.78, 5) is 4.95. The van der Waals surface area contributed by atoms with Crippen LogP contribution in [0.1, 0.15) is 44.5 Å². The van der Waals surface area contributed by atoms with Crippen LogP contribution in [0.15, 0.2) is 267 Å². The molecule has 0 saturated carbocycles. The first-order chi connectivity index (χ1) is 34.8. The van der Waals surface area contributed by atoms with Gasteiger partial charge in [0, 0.05) is 22.7 Å². The Labute approximate surface area is 408 Å². The highest BCUT2D eigenvalue weighted by Gasteiger charge is 2.53. The van der Waals surface area contributed by atoms with Gasteiger partial charge in [-0.05, 0) is 150 Å². The summed E-state index contributed by atoms with van der Waals surface area (Å²) in [5.74, 6) is 0. The van der Waals surface area contributed by atoms with Crippen LogP contribution in [0.4, 0.5) is 34.1 Å². The monoisotopic (exact) mass is 888 g/mol. The van der Waals surface area contributed by atoms with Crippen LogP contribution < -0.4 is 9.80 Å². The molecule has 2 spiro atoms. The first kappa shape index (κ1) is 39.1. The van der Waals surface area contributed by atoms with Gasteiger partial charge < -0.3 is 9.80 Å². The first-order valence-electron chi connectivity index (χ1n) is 24.4. The SMILES string of the molecule is c1ccc(N(c2ccccc2)c2ccc3c(c2)C2(c4ccccc4-3)c3ccccc3N(c3ccc4c(c3)C3(c5ccccc5-c5ccccc5-c5ccccc53)c3ccccc3-4)c3ccccc32)cc1. The quantitative estimate of drug-likeness (QED) is 0.174. The summed E-state index contributed by atoms with van der Waals surface area (Å²) in [5.41, 5.74) is 26.2. The highest BCUT2D eigenvalue weighted by atomic mass is 15.2. The van der Waals surface area contributed by atoms with Crippen molar-refractivity contribution in [3.05, 3.63) is 311 Å². The van der Waals surface area contributed by atoms with Gasteiger partial charge in [-0.2, -0.15) is 0 Å². The van der Waals surface area contributed by atoms with E-state index in [0.29, 0.717) is 0 Å². The Balaban J connectivity index is 0.992. The zero-order chi connectivity index (χ0) is 46.0. The second kappa shape index (κ2) is 14.8. The molecule has 2 nitrogen and oxygen atoms in total. The maximum Gasteiger partial charge on any atom is 0.0755 e. The standard InChI is InChI=1S/C68H44N2/c1-3-21-45(22-4-1)69(46-23-5-2-6-24-46)47-39-41-56-54-30-12-16-34-60(54)68(64(56)43-47)61-35-17-19-37-65(61)70(66-38-20-18-36-62(66)68)48-40-42-55-53-29-11-15-33-59(53)67(63(55)44-48)57-31-13-9-27-51(57)49-25-7-8-26-50(49)52-28-10-14-32-58(52)67/h1-44H. The van der Waals surface area contributed by atoms with Gasteiger partial charge in [0.05, 0.1) is 22.2 Å². The van der Waals surface area contributed by atoms with Crippen LogP contribution in [0.2, 0.25) is 0 Å². The Hall–Kier alpha value is -8.98. The van der Waals surface area contributed by atoms with Crippen LogP contribution in [0.5, 0.6) is 0 Å². The van der Waals surface area contributed by atoms with Crippen LogP contribution in [-0.4, -0.2) is 0 Å². The molecule has 1 aliphatic heterocycles. The molecule has 0 N–H and O–H groups in total. The van der Waals surface area contributed by atoms with Gasteiger partial charge in [-0.15, -0.1) is 0 Å². The summed E-state index contributed by atoms with van der Waals surface area (Å²) in [6.45, 7) is 0. The average Bonchev–Trinajstić information content (AvgIpc) is 3.85. The van der Waals surface area contributed by atoms with E-state index in [1.807, 2.05) is 0 Å². The summed E-state index contributed by atoms with van der Waals surface area (Å²) in [7, 11) is 0. The minimum Gasteiger partial charge on any atom is -0.310 e. The zero-order valence-corrected chi connectivity index (χ0v) is 38.3. The molecule has 0 radical (unpaired) electrons. The molecule has 0 saturated heterocycles. The van der Waals surface area contributed by atoms with Crippen LogP contribution in [-0.2, 0) is 10.8 Å². The second-order valence-corrected chi connectivity index (χ2v) is 19.1. The molecule has 15 rings (SSSR count). The fourth-order valence-corrected chi connectivity index (χ4v) is 13.3. The lowest BCUT2D eigenvalue weighted by molar-refractivity contribution is 0.751. The van der Waals surface area contributed by atoms with Crippen LogP contribution >= 0.6 is 0 Å². The smallest absolute Gasteiger partial charge is 0.0755 e. The molecule has 4 aliphatic rings. The van der Waals surface area contributed by atoms with Gasteiger partial charge in [-0.1, -0.05) is 206 Å². The topological polar surface area (TPSA) is 6.48 Å². The summed E-state index contributed by atoms with van der Waals surface area (Å²) < 4.78 is 0. The van der Waals surface area contributed by atoms with Gasteiger partial charge in [0.15, 0.2) is 0 Å². The molecule has 11 aromatic rings. The van der Waals surface area contributed by atoms with Crippen molar-refractivity contribution in [3.8, 4) is 44.5 Å². The minimum atomic E-state index is -0.607. The number of anilines is 6. The van der Waals surface area contributed by atoms with Crippen molar-refractivity contribution in [2.75, 3.05) is 9.80 Å². The summed E-state index contributed by atoms with van der Waals surface area (Å²) in [6, 6.07) is 100. The second-order valence-electron chi connectivity index (χ2n) is 19.1. The highest BCUT2D eigenvalue weighted by molar-refractivity contribution is 6.00. The van der Waals surface area contributed by atoms with E-state index in [2.05, 4.69) is 277 Å². The predicted octanol–water partition coefficient (Wildman–Crippen LogP) is 17.3. The number of fused-ring (bicyclic) bond motifs is 21. The molecular weight excluding hydrogens is 845 g/mol. The fraction of sp³-hybridized carbons (Fsp3) is 0.0294. The largest absolute Gasteiger partial charge is 0.310 e. The Kier molecular flexibility index (Phi) is 8.24. The van der Waals surface area contributed by atoms with Crippen molar-refractivity contribution in [1.82, 2.24) is 0 Å². The number of hydrogen-bond acceptors (Lipinski definition) is 2. The van der Waals surface area contributed by atoms with Gasteiger partial charge in [-0.3, -0.25) is 0 Å². The van der Waals surface area contributed by atoms with Crippen molar-refractivity contribution >= 4 is 34.1 Å². The molecule has 2 heteroatoms. The molecule has 0 unspecified atom stereocenters. The van der Waals surface area contributed by atoms with Crippen LogP contribution in [0, 0.1) is 0 Å². The number of nitrogens with zero attached hydrogens (tertiary/aromatic N) is 2. The van der Waals surface area contributed by atoms with E-state index in [4.69, 9.17) is 0 Å². The molecule has 1 heterocycles. The van der Waals surface area contributed by atoms with Gasteiger partial charge >= 0.3 is 0 Å². The summed E-state index contributed by atoms with van der Waals surface area (Å²) >= 11 is 0.